The maximum absolute atomic E-state index is 12.1. The van der Waals surface area contributed by atoms with Crippen molar-refractivity contribution < 1.29 is 13.2 Å². The Balaban J connectivity index is 1.80. The molecule has 21 heavy (non-hydrogen) atoms. The van der Waals surface area contributed by atoms with Crippen LogP contribution >= 0.6 is 0 Å². The van der Waals surface area contributed by atoms with E-state index in [4.69, 9.17) is 0 Å². The Labute approximate surface area is 121 Å². The summed E-state index contributed by atoms with van der Waals surface area (Å²) in [6, 6.07) is 3.18. The molecule has 3 rings (SSSR count). The van der Waals surface area contributed by atoms with E-state index in [0.717, 1.165) is 6.26 Å². The van der Waals surface area contributed by atoms with Gasteiger partial charge in [0.1, 0.15) is 0 Å². The van der Waals surface area contributed by atoms with Gasteiger partial charge in [-0.25, -0.2) is 8.42 Å². The fourth-order valence-electron chi connectivity index (χ4n) is 2.13. The van der Waals surface area contributed by atoms with Crippen LogP contribution in [-0.2, 0) is 23.1 Å². The molecule has 3 heterocycles. The maximum Gasteiger partial charge on any atom is 0.256 e. The highest BCUT2D eigenvalue weighted by molar-refractivity contribution is 7.88. The highest BCUT2D eigenvalue weighted by atomic mass is 32.2. The molecule has 0 aliphatic carbocycles. The number of nitrogens with one attached hydrogen (secondary N) is 2. The molecule has 110 valence electrons. The van der Waals surface area contributed by atoms with Crippen molar-refractivity contribution >= 4 is 21.7 Å². The van der Waals surface area contributed by atoms with Crippen molar-refractivity contribution in [3.8, 4) is 0 Å². The molecule has 2 aromatic rings. The van der Waals surface area contributed by atoms with Gasteiger partial charge in [0.15, 0.2) is 5.82 Å². The number of H-pyrrole nitrogens is 1. The van der Waals surface area contributed by atoms with Gasteiger partial charge in [0.25, 0.3) is 5.91 Å². The Morgan fingerprint density at radius 3 is 2.71 bits per heavy atom. The van der Waals surface area contributed by atoms with Crippen LogP contribution in [0.3, 0.4) is 0 Å². The highest BCUT2D eigenvalue weighted by Gasteiger charge is 2.30. The van der Waals surface area contributed by atoms with Crippen LogP contribution < -0.4 is 5.32 Å². The second-order valence-electron chi connectivity index (χ2n) is 4.75. The number of carbonyl (C=O) groups excluding carboxylic acids is 1. The molecule has 0 saturated carbocycles. The van der Waals surface area contributed by atoms with E-state index in [9.17, 15) is 13.2 Å². The van der Waals surface area contributed by atoms with Crippen molar-refractivity contribution in [1.29, 1.82) is 0 Å². The summed E-state index contributed by atoms with van der Waals surface area (Å²) >= 11 is 0. The molecule has 2 N–H and O–H groups in total. The maximum atomic E-state index is 12.1. The van der Waals surface area contributed by atoms with E-state index in [1.807, 2.05) is 0 Å². The first-order chi connectivity index (χ1) is 9.95. The normalized spacial score (nSPS) is 14.9. The van der Waals surface area contributed by atoms with Crippen LogP contribution in [0.1, 0.15) is 21.6 Å². The molecule has 1 aliphatic heterocycles. The third-order valence-corrected chi connectivity index (χ3v) is 4.46. The lowest BCUT2D eigenvalue weighted by Crippen LogP contribution is -2.24. The van der Waals surface area contributed by atoms with Crippen molar-refractivity contribution in [2.24, 2.45) is 0 Å². The molecule has 9 heteroatoms. The summed E-state index contributed by atoms with van der Waals surface area (Å²) < 4.78 is 24.4. The van der Waals surface area contributed by atoms with E-state index in [1.54, 1.807) is 12.1 Å². The standard InChI is InChI=1S/C12H13N5O3S/c1-21(19,20)17-6-9-10(7-17)15-16-11(9)14-12(18)8-2-4-13-5-3-8/h2-5H,6-7H2,1H3,(H2,14,15,16,18). The SMILES string of the molecule is CS(=O)(=O)N1Cc2[nH]nc(NC(=O)c3ccncc3)c2C1. The Hall–Kier alpha value is -2.26. The Bertz CT molecular complexity index is 784. The summed E-state index contributed by atoms with van der Waals surface area (Å²) in [4.78, 5) is 15.9. The van der Waals surface area contributed by atoms with E-state index in [2.05, 4.69) is 20.5 Å². The predicted molar refractivity (Wildman–Crippen MR) is 74.9 cm³/mol. The lowest BCUT2D eigenvalue weighted by atomic mass is 10.2. The zero-order chi connectivity index (χ0) is 15.0. The molecule has 1 amide bonds. The number of carbonyl (C=O) groups is 1. The second-order valence-corrected chi connectivity index (χ2v) is 6.73. The summed E-state index contributed by atoms with van der Waals surface area (Å²) in [7, 11) is -3.27. The third-order valence-electron chi connectivity index (χ3n) is 3.27. The van der Waals surface area contributed by atoms with Gasteiger partial charge in [-0.15, -0.1) is 0 Å². The monoisotopic (exact) mass is 307 g/mol. The number of aromatic amines is 1. The molecule has 8 nitrogen and oxygen atoms in total. The van der Waals surface area contributed by atoms with E-state index in [-0.39, 0.29) is 19.0 Å². The van der Waals surface area contributed by atoms with Gasteiger partial charge in [-0.05, 0) is 12.1 Å². The van der Waals surface area contributed by atoms with Gasteiger partial charge in [-0.1, -0.05) is 0 Å². The molecule has 0 atom stereocenters. The van der Waals surface area contributed by atoms with Crippen molar-refractivity contribution in [1.82, 2.24) is 19.5 Å². The average molecular weight is 307 g/mol. The summed E-state index contributed by atoms with van der Waals surface area (Å²) in [5.41, 5.74) is 1.85. The van der Waals surface area contributed by atoms with Crippen molar-refractivity contribution in [2.45, 2.75) is 13.1 Å². The number of hydrogen-bond acceptors (Lipinski definition) is 5. The number of rotatable bonds is 3. The molecule has 0 aromatic carbocycles. The molecule has 0 bridgehead atoms. The smallest absolute Gasteiger partial charge is 0.256 e. The number of aromatic nitrogens is 3. The van der Waals surface area contributed by atoms with Crippen molar-refractivity contribution in [3.05, 3.63) is 41.3 Å². The quantitative estimate of drug-likeness (QED) is 0.849. The lowest BCUT2D eigenvalue weighted by Gasteiger charge is -2.11. The van der Waals surface area contributed by atoms with E-state index < -0.39 is 10.0 Å². The molecular formula is C12H13N5O3S. The number of nitrogens with zero attached hydrogens (tertiary/aromatic N) is 3. The van der Waals surface area contributed by atoms with E-state index in [1.165, 1.54) is 16.7 Å². The lowest BCUT2D eigenvalue weighted by molar-refractivity contribution is 0.102. The molecule has 0 fully saturated rings. The van der Waals surface area contributed by atoms with Gasteiger partial charge in [-0.3, -0.25) is 14.9 Å². The summed E-state index contributed by atoms with van der Waals surface area (Å²) in [5.74, 6) is 0.0440. The van der Waals surface area contributed by atoms with Crippen LogP contribution in [-0.4, -0.2) is 40.1 Å². The first-order valence-corrected chi connectivity index (χ1v) is 8.02. The first-order valence-electron chi connectivity index (χ1n) is 6.18. The minimum atomic E-state index is -3.27. The minimum Gasteiger partial charge on any atom is -0.305 e. The predicted octanol–water partition coefficient (Wildman–Crippen LogP) is 0.332. The number of sulfonamides is 1. The minimum absolute atomic E-state index is 0.205. The second kappa shape index (κ2) is 4.93. The van der Waals surface area contributed by atoms with Gasteiger partial charge in [0.2, 0.25) is 10.0 Å². The van der Waals surface area contributed by atoms with Crippen LogP contribution in [0.15, 0.2) is 24.5 Å². The third kappa shape index (κ3) is 2.65. The van der Waals surface area contributed by atoms with Crippen molar-refractivity contribution in [2.75, 3.05) is 11.6 Å². The van der Waals surface area contributed by atoms with Crippen LogP contribution in [0.25, 0.3) is 0 Å². The van der Waals surface area contributed by atoms with Gasteiger partial charge in [-0.2, -0.15) is 9.40 Å². The van der Waals surface area contributed by atoms with Gasteiger partial charge in [0.05, 0.1) is 18.5 Å². The summed E-state index contributed by atoms with van der Waals surface area (Å²) in [5, 5.41) is 9.47. The molecule has 0 spiro atoms. The van der Waals surface area contributed by atoms with Crippen LogP contribution in [0.5, 0.6) is 0 Å². The summed E-state index contributed by atoms with van der Waals surface area (Å²) in [6.45, 7) is 0.447. The zero-order valence-corrected chi connectivity index (χ0v) is 12.0. The Morgan fingerprint density at radius 1 is 1.33 bits per heavy atom. The number of amides is 1. The van der Waals surface area contributed by atoms with Crippen LogP contribution in [0, 0.1) is 0 Å². The van der Waals surface area contributed by atoms with E-state index in [0.29, 0.717) is 22.6 Å². The van der Waals surface area contributed by atoms with Gasteiger partial charge >= 0.3 is 0 Å². The fraction of sp³-hybridized carbons (Fsp3) is 0.250. The van der Waals surface area contributed by atoms with Crippen LogP contribution in [0.2, 0.25) is 0 Å². The number of anilines is 1. The van der Waals surface area contributed by atoms with Crippen LogP contribution in [0.4, 0.5) is 5.82 Å². The van der Waals surface area contributed by atoms with Gasteiger partial charge in [0, 0.05) is 30.1 Å². The summed E-state index contributed by atoms with van der Waals surface area (Å²) in [6.07, 6.45) is 4.20. The number of hydrogen-bond donors (Lipinski definition) is 2. The number of fused-ring (bicyclic) bond motifs is 1. The molecule has 0 radical (unpaired) electrons. The number of pyridine rings is 1. The van der Waals surface area contributed by atoms with Gasteiger partial charge < -0.3 is 5.32 Å². The fourth-order valence-corrected chi connectivity index (χ4v) is 2.86. The molecule has 0 saturated heterocycles. The molecular weight excluding hydrogens is 294 g/mol. The Morgan fingerprint density at radius 2 is 2.05 bits per heavy atom. The molecule has 1 aliphatic rings. The average Bonchev–Trinajstić information content (AvgIpc) is 3.01. The first kappa shape index (κ1) is 13.7. The largest absolute Gasteiger partial charge is 0.305 e. The molecule has 2 aromatic heterocycles. The highest BCUT2D eigenvalue weighted by Crippen LogP contribution is 2.28. The zero-order valence-electron chi connectivity index (χ0n) is 11.2. The van der Waals surface area contributed by atoms with Crippen molar-refractivity contribution in [3.63, 3.8) is 0 Å². The Kier molecular flexibility index (Phi) is 3.22. The topological polar surface area (TPSA) is 108 Å². The van der Waals surface area contributed by atoms with E-state index >= 15 is 0 Å². The molecule has 0 unspecified atom stereocenters.